The number of Topliss-reactive ketones (excluding diaryl/α,β-unsaturated/α-hetero) is 1. The van der Waals surface area contributed by atoms with Crippen LogP contribution in [0.4, 0.5) is 11.4 Å². The smallest absolute Gasteiger partial charge is 0.338 e. The average Bonchev–Trinajstić information content (AvgIpc) is 2.86. The Labute approximate surface area is 206 Å². The van der Waals surface area contributed by atoms with Crippen molar-refractivity contribution in [2.75, 3.05) is 24.6 Å². The molecule has 2 aromatic carbocycles. The van der Waals surface area contributed by atoms with Gasteiger partial charge in [0.15, 0.2) is 12.4 Å². The molecule has 2 fully saturated rings. The van der Waals surface area contributed by atoms with Crippen molar-refractivity contribution in [3.05, 3.63) is 69.3 Å². The fraction of sp³-hybridized carbons (Fsp3) is 0.500. The van der Waals surface area contributed by atoms with Gasteiger partial charge in [0.2, 0.25) is 0 Å². The molecule has 2 aliphatic rings. The molecule has 0 radical (unpaired) electrons. The molecule has 0 aromatic heterocycles. The number of nitro groups is 1. The Kier molecular flexibility index (Phi) is 7.83. The number of hydrogen-bond donors (Lipinski definition) is 0. The number of rotatable bonds is 7. The first-order valence-corrected chi connectivity index (χ1v) is 12.7. The van der Waals surface area contributed by atoms with Crippen LogP contribution in [0.1, 0.15) is 84.6 Å². The lowest BCUT2D eigenvalue weighted by Gasteiger charge is -2.36. The molecular weight excluding hydrogens is 444 g/mol. The highest BCUT2D eigenvalue weighted by Gasteiger charge is 2.28. The van der Waals surface area contributed by atoms with E-state index < -0.39 is 17.5 Å². The van der Waals surface area contributed by atoms with E-state index in [4.69, 9.17) is 4.74 Å². The van der Waals surface area contributed by atoms with Crippen LogP contribution < -0.4 is 4.90 Å². The van der Waals surface area contributed by atoms with Crippen molar-refractivity contribution in [2.24, 2.45) is 11.8 Å². The van der Waals surface area contributed by atoms with E-state index in [9.17, 15) is 19.7 Å². The first-order valence-electron chi connectivity index (χ1n) is 12.7. The number of hydrogen-bond acceptors (Lipinski definition) is 6. The first-order chi connectivity index (χ1) is 16.8. The van der Waals surface area contributed by atoms with Gasteiger partial charge in [-0.25, -0.2) is 4.79 Å². The van der Waals surface area contributed by atoms with Crippen LogP contribution >= 0.6 is 0 Å². The Morgan fingerprint density at radius 3 is 2.23 bits per heavy atom. The number of carbonyl (C=O) groups is 2. The fourth-order valence-corrected chi connectivity index (χ4v) is 5.60. The molecule has 0 amide bonds. The molecule has 1 aliphatic carbocycles. The molecule has 1 saturated carbocycles. The average molecular weight is 479 g/mol. The molecule has 4 rings (SSSR count). The second-order valence-electron chi connectivity index (χ2n) is 10.3. The summed E-state index contributed by atoms with van der Waals surface area (Å²) in [7, 11) is 0. The number of ketones is 1. The van der Waals surface area contributed by atoms with E-state index in [2.05, 4.69) is 13.8 Å². The highest BCUT2D eigenvalue weighted by molar-refractivity contribution is 5.99. The van der Waals surface area contributed by atoms with E-state index in [1.807, 2.05) is 17.0 Å². The van der Waals surface area contributed by atoms with Crippen LogP contribution in [0.25, 0.3) is 0 Å². The number of carbonyl (C=O) groups excluding carboxylic acids is 2. The van der Waals surface area contributed by atoms with Crippen LogP contribution in [0.5, 0.6) is 0 Å². The summed E-state index contributed by atoms with van der Waals surface area (Å²) in [5.74, 6) is 0.389. The first kappa shape index (κ1) is 24.9. The van der Waals surface area contributed by atoms with Crippen molar-refractivity contribution in [3.8, 4) is 0 Å². The summed E-state index contributed by atoms with van der Waals surface area (Å²) < 4.78 is 5.22. The van der Waals surface area contributed by atoms with Crippen LogP contribution in [0, 0.1) is 22.0 Å². The van der Waals surface area contributed by atoms with Crippen molar-refractivity contribution in [2.45, 2.75) is 58.3 Å². The predicted octanol–water partition coefficient (Wildman–Crippen LogP) is 6.16. The Balaban J connectivity index is 1.39. The molecule has 0 bridgehead atoms. The zero-order chi connectivity index (χ0) is 24.9. The van der Waals surface area contributed by atoms with Crippen LogP contribution in [-0.4, -0.2) is 36.4 Å². The monoisotopic (exact) mass is 478 g/mol. The summed E-state index contributed by atoms with van der Waals surface area (Å²) in [6, 6.07) is 12.0. The van der Waals surface area contributed by atoms with E-state index in [-0.39, 0.29) is 17.0 Å². The molecule has 1 heterocycles. The largest absolute Gasteiger partial charge is 0.454 e. The molecule has 35 heavy (non-hydrogen) atoms. The molecule has 7 heteroatoms. The third-order valence-electron chi connectivity index (χ3n) is 7.26. The van der Waals surface area contributed by atoms with Crippen LogP contribution in [0.3, 0.4) is 0 Å². The maximum atomic E-state index is 12.6. The van der Waals surface area contributed by atoms with Gasteiger partial charge in [-0.2, -0.15) is 0 Å². The molecular formula is C28H34N2O5. The number of anilines is 1. The van der Waals surface area contributed by atoms with E-state index in [1.165, 1.54) is 49.8 Å². The van der Waals surface area contributed by atoms with Gasteiger partial charge in [0.25, 0.3) is 5.69 Å². The number of benzene rings is 2. The number of esters is 1. The van der Waals surface area contributed by atoms with Crippen LogP contribution in [-0.2, 0) is 4.74 Å². The van der Waals surface area contributed by atoms with Crippen molar-refractivity contribution in [1.82, 2.24) is 0 Å². The van der Waals surface area contributed by atoms with Crippen LogP contribution in [0.2, 0.25) is 0 Å². The number of piperidine rings is 1. The molecule has 0 spiro atoms. The topological polar surface area (TPSA) is 89.8 Å². The second kappa shape index (κ2) is 11.0. The number of ether oxygens (including phenoxy) is 1. The highest BCUT2D eigenvalue weighted by Crippen LogP contribution is 2.34. The summed E-state index contributed by atoms with van der Waals surface area (Å²) in [6.07, 6.45) is 7.25. The van der Waals surface area contributed by atoms with Gasteiger partial charge in [-0.15, -0.1) is 0 Å². The minimum Gasteiger partial charge on any atom is -0.454 e. The lowest BCUT2D eigenvalue weighted by Crippen LogP contribution is -2.39. The van der Waals surface area contributed by atoms with Crippen molar-refractivity contribution in [1.29, 1.82) is 0 Å². The zero-order valence-corrected chi connectivity index (χ0v) is 20.6. The molecule has 1 aliphatic heterocycles. The number of nitrogens with zero attached hydrogens (tertiary/aromatic N) is 2. The van der Waals surface area contributed by atoms with Gasteiger partial charge < -0.3 is 9.64 Å². The predicted molar refractivity (Wildman–Crippen MR) is 135 cm³/mol. The van der Waals surface area contributed by atoms with Gasteiger partial charge in [-0.3, -0.25) is 14.9 Å². The maximum absolute atomic E-state index is 12.6. The lowest BCUT2D eigenvalue weighted by atomic mass is 9.84. The molecule has 2 unspecified atom stereocenters. The van der Waals surface area contributed by atoms with E-state index in [0.717, 1.165) is 19.5 Å². The van der Waals surface area contributed by atoms with Gasteiger partial charge >= 0.3 is 5.97 Å². The SMILES string of the molecule is CC1CC(C)CN(c2ccc(C(=O)OCC(=O)c3ccc(C4CCCCC4)cc3)cc2[N+](=O)[O-])C1. The molecule has 7 nitrogen and oxygen atoms in total. The highest BCUT2D eigenvalue weighted by atomic mass is 16.6. The minimum atomic E-state index is -0.743. The van der Waals surface area contributed by atoms with E-state index in [1.54, 1.807) is 18.2 Å². The molecule has 2 aromatic rings. The quantitative estimate of drug-likeness (QED) is 0.205. The van der Waals surface area contributed by atoms with E-state index >= 15 is 0 Å². The lowest BCUT2D eigenvalue weighted by molar-refractivity contribution is -0.384. The summed E-state index contributed by atoms with van der Waals surface area (Å²) in [4.78, 5) is 38.5. The normalized spacial score (nSPS) is 20.9. The zero-order valence-electron chi connectivity index (χ0n) is 20.6. The summed E-state index contributed by atoms with van der Waals surface area (Å²) in [5.41, 5.74) is 2.21. The Hall–Kier alpha value is -3.22. The van der Waals surface area contributed by atoms with Crippen LogP contribution in [0.15, 0.2) is 42.5 Å². The van der Waals surface area contributed by atoms with Crippen molar-refractivity contribution >= 4 is 23.1 Å². The Morgan fingerprint density at radius 1 is 0.971 bits per heavy atom. The molecule has 0 N–H and O–H groups in total. The fourth-order valence-electron chi connectivity index (χ4n) is 5.60. The maximum Gasteiger partial charge on any atom is 0.338 e. The van der Waals surface area contributed by atoms with Gasteiger partial charge in [0, 0.05) is 24.7 Å². The third kappa shape index (κ3) is 6.08. The molecule has 186 valence electrons. The van der Waals surface area contributed by atoms with Gasteiger partial charge in [-0.1, -0.05) is 57.4 Å². The number of nitro benzene ring substituents is 1. The summed E-state index contributed by atoms with van der Waals surface area (Å²) in [6.45, 7) is 5.35. The summed E-state index contributed by atoms with van der Waals surface area (Å²) >= 11 is 0. The minimum absolute atomic E-state index is 0.0685. The molecule has 2 atom stereocenters. The van der Waals surface area contributed by atoms with Gasteiger partial charge in [0.1, 0.15) is 5.69 Å². The molecule has 1 saturated heterocycles. The third-order valence-corrected chi connectivity index (χ3v) is 7.26. The standard InChI is InChI=1S/C28H34N2O5/c1-19-14-20(2)17-29(16-19)25-13-12-24(15-26(25)30(33)34)28(32)35-18-27(31)23-10-8-22(9-11-23)21-6-4-3-5-7-21/h8-13,15,19-21H,3-7,14,16-18H2,1-2H3. The van der Waals surface area contributed by atoms with Gasteiger partial charge in [-0.05, 0) is 54.7 Å². The Morgan fingerprint density at radius 2 is 1.60 bits per heavy atom. The van der Waals surface area contributed by atoms with Crippen molar-refractivity contribution < 1.29 is 19.2 Å². The second-order valence-corrected chi connectivity index (χ2v) is 10.3. The van der Waals surface area contributed by atoms with Gasteiger partial charge in [0.05, 0.1) is 10.5 Å². The Bertz CT molecular complexity index is 1070. The summed E-state index contributed by atoms with van der Waals surface area (Å²) in [5, 5.41) is 11.8. The van der Waals surface area contributed by atoms with E-state index in [0.29, 0.717) is 29.0 Å². The van der Waals surface area contributed by atoms with Crippen molar-refractivity contribution in [3.63, 3.8) is 0 Å².